The van der Waals surface area contributed by atoms with Crippen LogP contribution in [0.1, 0.15) is 19.4 Å². The predicted molar refractivity (Wildman–Crippen MR) is 128 cm³/mol. The number of halogens is 1. The van der Waals surface area contributed by atoms with E-state index in [0.29, 0.717) is 18.1 Å². The van der Waals surface area contributed by atoms with Gasteiger partial charge in [0, 0.05) is 43.9 Å². The molecule has 0 amide bonds. The molecule has 1 saturated heterocycles. The number of rotatable bonds is 8. The van der Waals surface area contributed by atoms with Crippen molar-refractivity contribution in [2.45, 2.75) is 26.5 Å². The molecule has 1 aromatic carbocycles. The summed E-state index contributed by atoms with van der Waals surface area (Å²) in [5.41, 5.74) is 1.14. The van der Waals surface area contributed by atoms with Gasteiger partial charge < -0.3 is 25.2 Å². The number of piperazine rings is 1. The van der Waals surface area contributed by atoms with Crippen molar-refractivity contribution < 1.29 is 4.74 Å². The largest absolute Gasteiger partial charge is 0.489 e. The number of guanidine groups is 1. The Morgan fingerprint density at radius 2 is 1.90 bits per heavy atom. The second-order valence-corrected chi connectivity index (χ2v) is 8.21. The van der Waals surface area contributed by atoms with Crippen molar-refractivity contribution in [3.63, 3.8) is 0 Å². The molecule has 2 heterocycles. The lowest BCUT2D eigenvalue weighted by molar-refractivity contribution is 0.224. The fraction of sp³-hybridized carbons (Fsp3) is 0.478. The van der Waals surface area contributed by atoms with Gasteiger partial charge in [-0.1, -0.05) is 11.6 Å². The first kappa shape index (κ1) is 23.2. The number of nitrogens with zero attached hydrogens (tertiary/aromatic N) is 4. The van der Waals surface area contributed by atoms with Crippen LogP contribution in [-0.4, -0.2) is 68.3 Å². The minimum Gasteiger partial charge on any atom is -0.489 e. The topological polar surface area (TPSA) is 65.0 Å². The van der Waals surface area contributed by atoms with E-state index < -0.39 is 0 Å². The van der Waals surface area contributed by atoms with Gasteiger partial charge >= 0.3 is 0 Å². The molecule has 1 aliphatic heterocycles. The average Bonchev–Trinajstić information content (AvgIpc) is 2.78. The summed E-state index contributed by atoms with van der Waals surface area (Å²) in [6.45, 7) is 10.2. The van der Waals surface area contributed by atoms with Crippen molar-refractivity contribution in [3.05, 3.63) is 53.2 Å². The average molecular weight is 445 g/mol. The zero-order valence-corrected chi connectivity index (χ0v) is 19.4. The smallest absolute Gasteiger partial charge is 0.191 e. The Morgan fingerprint density at radius 3 is 2.61 bits per heavy atom. The van der Waals surface area contributed by atoms with Gasteiger partial charge in [0.15, 0.2) is 5.96 Å². The van der Waals surface area contributed by atoms with Gasteiger partial charge in [0.2, 0.25) is 0 Å². The van der Waals surface area contributed by atoms with Crippen LogP contribution in [0.3, 0.4) is 0 Å². The van der Waals surface area contributed by atoms with E-state index in [4.69, 9.17) is 21.3 Å². The van der Waals surface area contributed by atoms with Crippen LogP contribution in [0, 0.1) is 0 Å². The van der Waals surface area contributed by atoms with Gasteiger partial charge in [0.25, 0.3) is 0 Å². The number of hydrogen-bond donors (Lipinski definition) is 2. The zero-order valence-electron chi connectivity index (χ0n) is 18.6. The Labute approximate surface area is 190 Å². The molecule has 1 unspecified atom stereocenters. The van der Waals surface area contributed by atoms with Gasteiger partial charge in [-0.05, 0) is 62.9 Å². The number of aromatic nitrogens is 1. The van der Waals surface area contributed by atoms with E-state index in [0.717, 1.165) is 55.8 Å². The fourth-order valence-corrected chi connectivity index (χ4v) is 3.43. The number of pyridine rings is 1. The summed E-state index contributed by atoms with van der Waals surface area (Å²) < 4.78 is 5.93. The van der Waals surface area contributed by atoms with Crippen LogP contribution in [0.2, 0.25) is 5.02 Å². The quantitative estimate of drug-likeness (QED) is 0.482. The molecule has 2 N–H and O–H groups in total. The van der Waals surface area contributed by atoms with Gasteiger partial charge in [0.1, 0.15) is 17.7 Å². The summed E-state index contributed by atoms with van der Waals surface area (Å²) in [5, 5.41) is 7.36. The van der Waals surface area contributed by atoms with Crippen LogP contribution in [-0.2, 0) is 6.54 Å². The molecular formula is C23H33ClN6O. The molecule has 1 fully saturated rings. The summed E-state index contributed by atoms with van der Waals surface area (Å²) in [6, 6.07) is 11.6. The minimum absolute atomic E-state index is 0.0187. The van der Waals surface area contributed by atoms with Crippen molar-refractivity contribution in [1.29, 1.82) is 0 Å². The number of aliphatic imine (C=N–C) groups is 1. The standard InChI is InChI=1S/C23H33ClN6O/c1-4-25-23(27-16-18(2)31-21-7-5-20(24)6-8-21)28-17-19-9-10-26-22(15-19)30-13-11-29(3)12-14-30/h5-10,15,18H,4,11-14,16-17H2,1-3H3,(H2,25,27,28). The Kier molecular flexibility index (Phi) is 8.79. The van der Waals surface area contributed by atoms with Gasteiger partial charge in [-0.3, -0.25) is 0 Å². The Bertz CT molecular complexity index is 836. The summed E-state index contributed by atoms with van der Waals surface area (Å²) in [5.74, 6) is 2.60. The summed E-state index contributed by atoms with van der Waals surface area (Å²) in [7, 11) is 2.16. The van der Waals surface area contributed by atoms with Crippen LogP contribution >= 0.6 is 11.6 Å². The molecular weight excluding hydrogens is 412 g/mol. The molecule has 31 heavy (non-hydrogen) atoms. The van der Waals surface area contributed by atoms with E-state index in [9.17, 15) is 0 Å². The third kappa shape index (κ3) is 7.60. The highest BCUT2D eigenvalue weighted by Crippen LogP contribution is 2.17. The molecule has 168 valence electrons. The van der Waals surface area contributed by atoms with Gasteiger partial charge in [-0.15, -0.1) is 0 Å². The van der Waals surface area contributed by atoms with Gasteiger partial charge in [0.05, 0.1) is 13.1 Å². The van der Waals surface area contributed by atoms with Crippen molar-refractivity contribution in [3.8, 4) is 5.75 Å². The molecule has 0 saturated carbocycles. The molecule has 0 spiro atoms. The van der Waals surface area contributed by atoms with Crippen LogP contribution in [0.5, 0.6) is 5.75 Å². The number of likely N-dealkylation sites (N-methyl/N-ethyl adjacent to an activating group) is 1. The van der Waals surface area contributed by atoms with E-state index in [2.05, 4.69) is 45.5 Å². The molecule has 7 nitrogen and oxygen atoms in total. The normalized spacial score (nSPS) is 16.1. The van der Waals surface area contributed by atoms with E-state index in [1.165, 1.54) is 0 Å². The zero-order chi connectivity index (χ0) is 22.1. The van der Waals surface area contributed by atoms with E-state index >= 15 is 0 Å². The predicted octanol–water partition coefficient (Wildman–Crippen LogP) is 3.01. The number of nitrogens with one attached hydrogen (secondary N) is 2. The lowest BCUT2D eigenvalue weighted by Crippen LogP contribution is -2.44. The Hall–Kier alpha value is -2.51. The van der Waals surface area contributed by atoms with Crippen LogP contribution < -0.4 is 20.3 Å². The number of hydrogen-bond acceptors (Lipinski definition) is 5. The van der Waals surface area contributed by atoms with E-state index in [1.807, 2.05) is 43.5 Å². The third-order valence-electron chi connectivity index (χ3n) is 5.11. The molecule has 0 bridgehead atoms. The Morgan fingerprint density at radius 1 is 1.16 bits per heavy atom. The van der Waals surface area contributed by atoms with Gasteiger partial charge in [-0.25, -0.2) is 9.98 Å². The molecule has 8 heteroatoms. The molecule has 0 aliphatic carbocycles. The number of anilines is 1. The number of benzene rings is 1. The van der Waals surface area contributed by atoms with Crippen LogP contribution in [0.15, 0.2) is 47.6 Å². The minimum atomic E-state index is -0.0187. The highest BCUT2D eigenvalue weighted by Gasteiger charge is 2.15. The van der Waals surface area contributed by atoms with Gasteiger partial charge in [-0.2, -0.15) is 0 Å². The molecule has 2 aromatic rings. The third-order valence-corrected chi connectivity index (χ3v) is 5.36. The first-order valence-corrected chi connectivity index (χ1v) is 11.2. The van der Waals surface area contributed by atoms with E-state index in [1.54, 1.807) is 0 Å². The van der Waals surface area contributed by atoms with Crippen molar-refractivity contribution in [1.82, 2.24) is 20.5 Å². The monoisotopic (exact) mass is 444 g/mol. The molecule has 3 rings (SSSR count). The van der Waals surface area contributed by atoms with Crippen LogP contribution in [0.25, 0.3) is 0 Å². The maximum atomic E-state index is 5.93. The summed E-state index contributed by atoms with van der Waals surface area (Å²) in [4.78, 5) is 14.0. The molecule has 0 radical (unpaired) electrons. The van der Waals surface area contributed by atoms with Crippen molar-refractivity contribution in [2.75, 3.05) is 51.2 Å². The number of ether oxygens (including phenoxy) is 1. The second kappa shape index (κ2) is 11.8. The van der Waals surface area contributed by atoms with E-state index in [-0.39, 0.29) is 6.10 Å². The second-order valence-electron chi connectivity index (χ2n) is 7.77. The van der Waals surface area contributed by atoms with Crippen molar-refractivity contribution >= 4 is 23.4 Å². The Balaban J connectivity index is 1.54. The molecule has 1 aromatic heterocycles. The molecule has 1 aliphatic rings. The first-order valence-electron chi connectivity index (χ1n) is 10.9. The van der Waals surface area contributed by atoms with Crippen LogP contribution in [0.4, 0.5) is 5.82 Å². The van der Waals surface area contributed by atoms with Crippen molar-refractivity contribution in [2.24, 2.45) is 4.99 Å². The highest BCUT2D eigenvalue weighted by molar-refractivity contribution is 6.30. The maximum absolute atomic E-state index is 5.93. The lowest BCUT2D eigenvalue weighted by Gasteiger charge is -2.33. The summed E-state index contributed by atoms with van der Waals surface area (Å²) in [6.07, 6.45) is 1.86. The highest BCUT2D eigenvalue weighted by atomic mass is 35.5. The SMILES string of the molecule is CCNC(=NCc1ccnc(N2CCN(C)CC2)c1)NCC(C)Oc1ccc(Cl)cc1. The molecule has 1 atom stereocenters. The fourth-order valence-electron chi connectivity index (χ4n) is 3.31. The first-order chi connectivity index (χ1) is 15.0. The lowest BCUT2D eigenvalue weighted by atomic mass is 10.2. The maximum Gasteiger partial charge on any atom is 0.191 e. The summed E-state index contributed by atoms with van der Waals surface area (Å²) >= 11 is 5.93.